The molecule has 0 saturated carbocycles. The van der Waals surface area contributed by atoms with E-state index < -0.39 is 11.7 Å². The number of fused-ring (bicyclic) bond motifs is 1. The minimum Gasteiger partial charge on any atom is -0.353 e. The zero-order chi connectivity index (χ0) is 18.2. The SMILES string of the molecule is NCCCCc1c(-c2ccc(Cl)s2)[nH]c2c(C(F)(F)F)cc(Cl)cc12. The molecule has 3 rings (SSSR count). The van der Waals surface area contributed by atoms with Crippen molar-refractivity contribution in [2.75, 3.05) is 6.54 Å². The minimum atomic E-state index is -4.49. The van der Waals surface area contributed by atoms with Gasteiger partial charge in [0.25, 0.3) is 0 Å². The van der Waals surface area contributed by atoms with Gasteiger partial charge < -0.3 is 10.7 Å². The summed E-state index contributed by atoms with van der Waals surface area (Å²) in [6.45, 7) is 0.539. The van der Waals surface area contributed by atoms with Crippen LogP contribution in [0.4, 0.5) is 13.2 Å². The molecular formula is C17H15Cl2F3N2S. The van der Waals surface area contributed by atoms with E-state index in [0.29, 0.717) is 28.4 Å². The lowest BCUT2D eigenvalue weighted by molar-refractivity contribution is -0.136. The molecule has 1 aromatic carbocycles. The lowest BCUT2D eigenvalue weighted by atomic mass is 10.0. The number of alkyl halides is 3. The summed E-state index contributed by atoms with van der Waals surface area (Å²) in [5.74, 6) is 0. The number of unbranched alkanes of at least 4 members (excludes halogenated alkanes) is 1. The third-order valence-electron chi connectivity index (χ3n) is 3.99. The van der Waals surface area contributed by atoms with Gasteiger partial charge >= 0.3 is 6.18 Å². The van der Waals surface area contributed by atoms with Gasteiger partial charge in [0.2, 0.25) is 0 Å². The second kappa shape index (κ2) is 7.19. The molecule has 0 aliphatic heterocycles. The fraction of sp³-hybridized carbons (Fsp3) is 0.294. The average molecular weight is 407 g/mol. The Morgan fingerprint density at radius 1 is 1.12 bits per heavy atom. The first-order chi connectivity index (χ1) is 11.8. The summed E-state index contributed by atoms with van der Waals surface area (Å²) in [6, 6.07) is 6.07. The Morgan fingerprint density at radius 2 is 1.88 bits per heavy atom. The van der Waals surface area contributed by atoms with Gasteiger partial charge in [0, 0.05) is 10.4 Å². The number of benzene rings is 1. The Balaban J connectivity index is 2.24. The molecule has 2 aromatic heterocycles. The Morgan fingerprint density at radius 3 is 2.48 bits per heavy atom. The van der Waals surface area contributed by atoms with Gasteiger partial charge in [-0.3, -0.25) is 0 Å². The molecule has 0 unspecified atom stereocenters. The van der Waals surface area contributed by atoms with Crippen LogP contribution < -0.4 is 5.73 Å². The summed E-state index contributed by atoms with van der Waals surface area (Å²) in [5, 5.41) is 0.561. The second-order valence-corrected chi connectivity index (χ2v) is 7.85. The van der Waals surface area contributed by atoms with Gasteiger partial charge in [0.15, 0.2) is 0 Å². The maximum Gasteiger partial charge on any atom is 0.418 e. The van der Waals surface area contributed by atoms with Crippen molar-refractivity contribution >= 4 is 45.4 Å². The van der Waals surface area contributed by atoms with Crippen LogP contribution >= 0.6 is 34.5 Å². The van der Waals surface area contributed by atoms with Gasteiger partial charge in [-0.15, -0.1) is 11.3 Å². The number of H-pyrrole nitrogens is 1. The Kier molecular flexibility index (Phi) is 5.34. The van der Waals surface area contributed by atoms with Crippen LogP contribution in [0.2, 0.25) is 9.36 Å². The number of thiophene rings is 1. The number of hydrogen-bond donors (Lipinski definition) is 2. The first-order valence-corrected chi connectivity index (χ1v) is 9.25. The van der Waals surface area contributed by atoms with Gasteiger partial charge in [0.1, 0.15) is 0 Å². The molecule has 3 aromatic rings. The average Bonchev–Trinajstić information content (AvgIpc) is 3.10. The maximum atomic E-state index is 13.4. The first kappa shape index (κ1) is 18.6. The van der Waals surface area contributed by atoms with Crippen LogP contribution in [0.15, 0.2) is 24.3 Å². The summed E-state index contributed by atoms with van der Waals surface area (Å²) >= 11 is 13.3. The highest BCUT2D eigenvalue weighted by molar-refractivity contribution is 7.19. The fourth-order valence-electron chi connectivity index (χ4n) is 2.90. The van der Waals surface area contributed by atoms with E-state index >= 15 is 0 Å². The Bertz CT molecular complexity index is 899. The summed E-state index contributed by atoms with van der Waals surface area (Å²) in [6.07, 6.45) is -2.31. The predicted molar refractivity (Wildman–Crippen MR) is 98.6 cm³/mol. The van der Waals surface area contributed by atoms with Crippen LogP contribution in [-0.4, -0.2) is 11.5 Å². The fourth-order valence-corrected chi connectivity index (χ4v) is 4.19. The molecule has 0 atom stereocenters. The first-order valence-electron chi connectivity index (χ1n) is 7.68. The number of rotatable bonds is 5. The smallest absolute Gasteiger partial charge is 0.353 e. The quantitative estimate of drug-likeness (QED) is 0.466. The lowest BCUT2D eigenvalue weighted by Crippen LogP contribution is -2.05. The highest BCUT2D eigenvalue weighted by atomic mass is 35.5. The number of halogens is 5. The van der Waals surface area contributed by atoms with E-state index in [2.05, 4.69) is 4.98 Å². The number of hydrogen-bond acceptors (Lipinski definition) is 2. The third-order valence-corrected chi connectivity index (χ3v) is 5.45. The van der Waals surface area contributed by atoms with Crippen molar-refractivity contribution in [3.8, 4) is 10.6 Å². The number of nitrogens with one attached hydrogen (secondary N) is 1. The number of aromatic nitrogens is 1. The Labute approximate surface area is 156 Å². The molecule has 2 heterocycles. The van der Waals surface area contributed by atoms with Crippen molar-refractivity contribution < 1.29 is 13.2 Å². The lowest BCUT2D eigenvalue weighted by Gasteiger charge is -2.09. The van der Waals surface area contributed by atoms with Crippen LogP contribution in [-0.2, 0) is 12.6 Å². The predicted octanol–water partition coefficient (Wildman–Crippen LogP) is 6.50. The van der Waals surface area contributed by atoms with E-state index in [-0.39, 0.29) is 10.5 Å². The molecule has 0 bridgehead atoms. The number of aryl methyl sites for hydroxylation is 1. The second-order valence-electron chi connectivity index (χ2n) is 5.70. The van der Waals surface area contributed by atoms with E-state index in [0.717, 1.165) is 29.3 Å². The third kappa shape index (κ3) is 3.82. The Hall–Kier alpha value is -1.21. The molecule has 3 N–H and O–H groups in total. The standard InChI is InChI=1S/C17H15Cl2F3N2S/c18-9-7-11-10(3-1-2-6-23)16(13-4-5-14(19)25-13)24-15(11)12(8-9)17(20,21)22/h4-5,7-8,24H,1-3,6,23H2. The van der Waals surface area contributed by atoms with Crippen molar-refractivity contribution in [3.05, 3.63) is 44.8 Å². The van der Waals surface area contributed by atoms with E-state index in [1.807, 2.05) is 0 Å². The van der Waals surface area contributed by atoms with Crippen molar-refractivity contribution in [3.63, 3.8) is 0 Å². The largest absolute Gasteiger partial charge is 0.418 e. The van der Waals surface area contributed by atoms with E-state index in [1.165, 1.54) is 11.3 Å². The van der Waals surface area contributed by atoms with Crippen LogP contribution in [0.1, 0.15) is 24.0 Å². The summed E-state index contributed by atoms with van der Waals surface area (Å²) in [4.78, 5) is 3.76. The summed E-state index contributed by atoms with van der Waals surface area (Å²) in [5.41, 5.74) is 6.32. The van der Waals surface area contributed by atoms with Gasteiger partial charge in [-0.1, -0.05) is 23.2 Å². The summed E-state index contributed by atoms with van der Waals surface area (Å²) < 4.78 is 40.9. The molecule has 0 saturated heterocycles. The van der Waals surface area contributed by atoms with Crippen molar-refractivity contribution in [1.82, 2.24) is 4.98 Å². The minimum absolute atomic E-state index is 0.0548. The molecule has 0 fully saturated rings. The molecule has 2 nitrogen and oxygen atoms in total. The zero-order valence-electron chi connectivity index (χ0n) is 13.0. The van der Waals surface area contributed by atoms with E-state index in [4.69, 9.17) is 28.9 Å². The van der Waals surface area contributed by atoms with Crippen LogP contribution in [0.25, 0.3) is 21.5 Å². The number of aromatic amines is 1. The van der Waals surface area contributed by atoms with E-state index in [1.54, 1.807) is 18.2 Å². The van der Waals surface area contributed by atoms with Gasteiger partial charge in [-0.2, -0.15) is 13.2 Å². The zero-order valence-corrected chi connectivity index (χ0v) is 15.3. The molecule has 0 radical (unpaired) electrons. The van der Waals surface area contributed by atoms with Crippen molar-refractivity contribution in [1.29, 1.82) is 0 Å². The van der Waals surface area contributed by atoms with Crippen molar-refractivity contribution in [2.24, 2.45) is 5.73 Å². The molecule has 0 aliphatic rings. The summed E-state index contributed by atoms with van der Waals surface area (Å²) in [7, 11) is 0. The highest BCUT2D eigenvalue weighted by Crippen LogP contribution is 2.42. The molecule has 25 heavy (non-hydrogen) atoms. The van der Waals surface area contributed by atoms with Crippen LogP contribution in [0, 0.1) is 0 Å². The highest BCUT2D eigenvalue weighted by Gasteiger charge is 2.34. The molecule has 0 aliphatic carbocycles. The number of nitrogens with two attached hydrogens (primary N) is 1. The van der Waals surface area contributed by atoms with Crippen LogP contribution in [0.3, 0.4) is 0 Å². The van der Waals surface area contributed by atoms with Gasteiger partial charge in [-0.25, -0.2) is 0 Å². The normalized spacial score (nSPS) is 12.2. The van der Waals surface area contributed by atoms with Crippen molar-refractivity contribution in [2.45, 2.75) is 25.4 Å². The topological polar surface area (TPSA) is 41.8 Å². The molecule has 0 amide bonds. The molecule has 8 heteroatoms. The monoisotopic (exact) mass is 406 g/mol. The molecular weight excluding hydrogens is 392 g/mol. The van der Waals surface area contributed by atoms with E-state index in [9.17, 15) is 13.2 Å². The van der Waals surface area contributed by atoms with Gasteiger partial charge in [0.05, 0.1) is 26.0 Å². The maximum absolute atomic E-state index is 13.4. The molecule has 0 spiro atoms. The van der Waals surface area contributed by atoms with Crippen LogP contribution in [0.5, 0.6) is 0 Å². The van der Waals surface area contributed by atoms with Gasteiger partial charge in [-0.05, 0) is 55.6 Å². The molecule has 134 valence electrons.